The van der Waals surface area contributed by atoms with E-state index in [4.69, 9.17) is 24.8 Å². The summed E-state index contributed by atoms with van der Waals surface area (Å²) in [7, 11) is -4.72. The fourth-order valence-corrected chi connectivity index (χ4v) is 6.54. The maximum absolute atomic E-state index is 12.6. The largest absolute Gasteiger partial charge is 0.480 e. The number of aliphatic carboxylic acids is 1. The van der Waals surface area contributed by atoms with Gasteiger partial charge in [0.25, 0.3) is 0 Å². The van der Waals surface area contributed by atoms with Crippen LogP contribution in [0.3, 0.4) is 0 Å². The minimum absolute atomic E-state index is 0.143. The normalized spacial score (nSPS) is 14.2. The van der Waals surface area contributed by atoms with E-state index in [1.165, 1.54) is 70.6 Å². The van der Waals surface area contributed by atoms with E-state index in [9.17, 15) is 23.8 Å². The molecule has 11 nitrogen and oxygen atoms in total. The number of allylic oxidation sites excluding steroid dienone is 8. The third-order valence-corrected chi connectivity index (χ3v) is 10.3. The molecule has 0 saturated heterocycles. The molecule has 0 aliphatic carbocycles. The maximum atomic E-state index is 12.6. The molecule has 0 amide bonds. The fourth-order valence-electron chi connectivity index (χ4n) is 5.76. The molecule has 0 saturated carbocycles. The summed E-state index contributed by atoms with van der Waals surface area (Å²) in [6.07, 6.45) is 44.5. The number of hydrogen-bond donors (Lipinski definition) is 3. The maximum Gasteiger partial charge on any atom is 0.472 e. The van der Waals surface area contributed by atoms with Gasteiger partial charge in [0, 0.05) is 12.8 Å². The molecule has 0 radical (unpaired) electrons. The zero-order valence-electron chi connectivity index (χ0n) is 35.7. The molecule has 0 heterocycles. The molecule has 57 heavy (non-hydrogen) atoms. The van der Waals surface area contributed by atoms with Crippen molar-refractivity contribution in [1.82, 2.24) is 0 Å². The molecule has 0 aliphatic rings. The summed E-state index contributed by atoms with van der Waals surface area (Å²) < 4.78 is 32.7. The van der Waals surface area contributed by atoms with Crippen LogP contribution in [0, 0.1) is 0 Å². The standard InChI is InChI=1S/C45H80NO10P/c1-3-5-7-9-11-13-15-17-19-20-21-22-23-25-26-28-30-32-34-36-43(47)53-38-41(39-54-57(51,52)55-40-42(46)45(49)50)56-44(48)37-35-33-31-29-27-24-18-16-14-12-10-8-6-4-2/h10-13,16-19,41-42H,3-9,14-15,20-40,46H2,1-2H3,(H,49,50)(H,51,52)/b12-10+,13-11+,18-16+,19-17+/t41-,42+/m0/s1. The zero-order valence-corrected chi connectivity index (χ0v) is 36.6. The van der Waals surface area contributed by atoms with Gasteiger partial charge in [-0.05, 0) is 70.6 Å². The Morgan fingerprint density at radius 1 is 0.544 bits per heavy atom. The first-order valence-electron chi connectivity index (χ1n) is 22.2. The summed E-state index contributed by atoms with van der Waals surface area (Å²) >= 11 is 0. The van der Waals surface area contributed by atoms with Gasteiger partial charge in [-0.25, -0.2) is 4.57 Å². The van der Waals surface area contributed by atoms with Crippen LogP contribution in [0.4, 0.5) is 0 Å². The fraction of sp³-hybridized carbons (Fsp3) is 0.756. The SMILES string of the molecule is CCCC/C=C/C/C=C/CCCCCCCC(=O)O[C@@H](COC(=O)CCCCCCCCCCC/C=C/C/C=C/CCCCC)COP(=O)(O)OC[C@@H](N)C(=O)O. The van der Waals surface area contributed by atoms with Crippen molar-refractivity contribution < 1.29 is 47.5 Å². The lowest BCUT2D eigenvalue weighted by molar-refractivity contribution is -0.161. The molecule has 0 aromatic rings. The van der Waals surface area contributed by atoms with E-state index in [0.717, 1.165) is 77.0 Å². The average molecular weight is 826 g/mol. The summed E-state index contributed by atoms with van der Waals surface area (Å²) in [5.41, 5.74) is 5.33. The summed E-state index contributed by atoms with van der Waals surface area (Å²) in [4.78, 5) is 46.0. The van der Waals surface area contributed by atoms with Crippen LogP contribution in [0.1, 0.15) is 187 Å². The summed E-state index contributed by atoms with van der Waals surface area (Å²) in [5.74, 6) is -2.40. The monoisotopic (exact) mass is 826 g/mol. The number of ether oxygens (including phenoxy) is 2. The first kappa shape index (κ1) is 54.4. The van der Waals surface area contributed by atoms with Crippen LogP contribution in [0.2, 0.25) is 0 Å². The number of unbranched alkanes of at least 4 members (excludes halogenated alkanes) is 19. The lowest BCUT2D eigenvalue weighted by atomic mass is 10.1. The van der Waals surface area contributed by atoms with Gasteiger partial charge in [0.1, 0.15) is 12.6 Å². The Morgan fingerprint density at radius 2 is 0.947 bits per heavy atom. The summed E-state index contributed by atoms with van der Waals surface area (Å²) in [6.45, 7) is 2.72. The first-order valence-corrected chi connectivity index (χ1v) is 23.7. The van der Waals surface area contributed by atoms with E-state index >= 15 is 0 Å². The Morgan fingerprint density at radius 3 is 1.42 bits per heavy atom. The molecular formula is C45H80NO10P. The summed E-state index contributed by atoms with van der Waals surface area (Å²) in [6, 6.07) is -1.53. The van der Waals surface area contributed by atoms with Crippen LogP contribution < -0.4 is 5.73 Å². The number of carbonyl (C=O) groups is 3. The first-order chi connectivity index (χ1) is 27.6. The number of phosphoric ester groups is 1. The van der Waals surface area contributed by atoms with Crippen molar-refractivity contribution in [1.29, 1.82) is 0 Å². The smallest absolute Gasteiger partial charge is 0.472 e. The molecule has 12 heteroatoms. The average Bonchev–Trinajstić information content (AvgIpc) is 3.19. The lowest BCUT2D eigenvalue weighted by Crippen LogP contribution is -2.34. The Kier molecular flexibility index (Phi) is 38.4. The van der Waals surface area contributed by atoms with Gasteiger partial charge in [-0.3, -0.25) is 23.4 Å². The number of hydrogen-bond acceptors (Lipinski definition) is 9. The molecule has 0 aromatic carbocycles. The number of carboxylic acids is 1. The third-order valence-electron chi connectivity index (χ3n) is 9.30. The zero-order chi connectivity index (χ0) is 42.1. The lowest BCUT2D eigenvalue weighted by Gasteiger charge is -2.20. The van der Waals surface area contributed by atoms with Gasteiger partial charge in [0.2, 0.25) is 0 Å². The predicted molar refractivity (Wildman–Crippen MR) is 231 cm³/mol. The van der Waals surface area contributed by atoms with Crippen LogP contribution >= 0.6 is 7.82 Å². The highest BCUT2D eigenvalue weighted by Gasteiger charge is 2.28. The Hall–Kier alpha value is -2.56. The predicted octanol–water partition coefficient (Wildman–Crippen LogP) is 11.8. The topological polar surface area (TPSA) is 172 Å². The van der Waals surface area contributed by atoms with Crippen molar-refractivity contribution in [3.8, 4) is 0 Å². The van der Waals surface area contributed by atoms with Crippen molar-refractivity contribution in [2.24, 2.45) is 5.73 Å². The van der Waals surface area contributed by atoms with Crippen LogP contribution in [-0.2, 0) is 37.5 Å². The number of nitrogens with two attached hydrogens (primary N) is 1. The van der Waals surface area contributed by atoms with Gasteiger partial charge in [-0.2, -0.15) is 0 Å². The van der Waals surface area contributed by atoms with Gasteiger partial charge >= 0.3 is 25.7 Å². The van der Waals surface area contributed by atoms with E-state index in [1.54, 1.807) is 0 Å². The highest BCUT2D eigenvalue weighted by atomic mass is 31.2. The second-order valence-corrected chi connectivity index (χ2v) is 16.3. The van der Waals surface area contributed by atoms with Crippen LogP contribution in [0.15, 0.2) is 48.6 Å². The van der Waals surface area contributed by atoms with E-state index in [1.807, 2.05) is 0 Å². The van der Waals surface area contributed by atoms with Crippen molar-refractivity contribution >= 4 is 25.7 Å². The molecule has 0 bridgehead atoms. The quantitative estimate of drug-likeness (QED) is 0.0232. The van der Waals surface area contributed by atoms with Gasteiger partial charge in [0.05, 0.1) is 13.2 Å². The Balaban J connectivity index is 4.35. The second kappa shape index (κ2) is 40.2. The van der Waals surface area contributed by atoms with Gasteiger partial charge < -0.3 is 25.2 Å². The molecule has 0 aliphatic heterocycles. The molecule has 3 atom stereocenters. The van der Waals surface area contributed by atoms with E-state index in [0.29, 0.717) is 12.8 Å². The van der Waals surface area contributed by atoms with Crippen molar-refractivity contribution in [3.05, 3.63) is 48.6 Å². The Labute approximate surface area is 345 Å². The van der Waals surface area contributed by atoms with E-state index in [-0.39, 0.29) is 19.4 Å². The Bertz CT molecular complexity index is 1150. The molecule has 330 valence electrons. The van der Waals surface area contributed by atoms with Gasteiger partial charge in [-0.15, -0.1) is 0 Å². The number of esters is 2. The third kappa shape index (κ3) is 40.0. The highest BCUT2D eigenvalue weighted by Crippen LogP contribution is 2.43. The molecule has 4 N–H and O–H groups in total. The van der Waals surface area contributed by atoms with E-state index < -0.39 is 51.1 Å². The number of carboxylic acid groups (broad SMARTS) is 1. The van der Waals surface area contributed by atoms with Crippen molar-refractivity contribution in [2.45, 2.75) is 199 Å². The second-order valence-electron chi connectivity index (χ2n) is 14.8. The number of carbonyl (C=O) groups excluding carboxylic acids is 2. The molecule has 0 rings (SSSR count). The number of rotatable bonds is 41. The molecule has 0 fully saturated rings. The molecule has 1 unspecified atom stereocenters. The minimum Gasteiger partial charge on any atom is -0.480 e. The van der Waals surface area contributed by atoms with E-state index in [2.05, 4.69) is 67.0 Å². The van der Waals surface area contributed by atoms with Gasteiger partial charge in [0.15, 0.2) is 6.10 Å². The molecule has 0 spiro atoms. The highest BCUT2D eigenvalue weighted by molar-refractivity contribution is 7.47. The molecule has 0 aromatic heterocycles. The molecular weight excluding hydrogens is 745 g/mol. The van der Waals surface area contributed by atoms with Crippen LogP contribution in [0.25, 0.3) is 0 Å². The van der Waals surface area contributed by atoms with Gasteiger partial charge in [-0.1, -0.05) is 152 Å². The van der Waals surface area contributed by atoms with Crippen LogP contribution in [-0.4, -0.2) is 59.9 Å². The van der Waals surface area contributed by atoms with Crippen LogP contribution in [0.5, 0.6) is 0 Å². The van der Waals surface area contributed by atoms with Crippen molar-refractivity contribution in [3.63, 3.8) is 0 Å². The summed E-state index contributed by atoms with van der Waals surface area (Å²) in [5, 5.41) is 8.89. The number of phosphoric acid groups is 1. The minimum atomic E-state index is -4.72. The van der Waals surface area contributed by atoms with Crippen molar-refractivity contribution in [2.75, 3.05) is 19.8 Å².